The van der Waals surface area contributed by atoms with Crippen LogP contribution in [-0.2, 0) is 13.1 Å². The second kappa shape index (κ2) is 4.10. The monoisotopic (exact) mass is 245 g/mol. The first-order valence-electron chi connectivity index (χ1n) is 5.55. The zero-order chi connectivity index (χ0) is 12.5. The quantitative estimate of drug-likeness (QED) is 0.824. The lowest BCUT2D eigenvalue weighted by Gasteiger charge is -2.29. The topological polar surface area (TPSA) is 84.1 Å². The van der Waals surface area contributed by atoms with E-state index in [0.29, 0.717) is 12.2 Å². The van der Waals surface area contributed by atoms with Gasteiger partial charge >= 0.3 is 5.97 Å². The van der Waals surface area contributed by atoms with Crippen LogP contribution < -0.4 is 4.90 Å². The summed E-state index contributed by atoms with van der Waals surface area (Å²) in [6.45, 7) is 2.01. The number of aromatic carboxylic acids is 1. The van der Waals surface area contributed by atoms with Gasteiger partial charge in [-0.15, -0.1) is 10.2 Å². The third-order valence-electron chi connectivity index (χ3n) is 2.97. The summed E-state index contributed by atoms with van der Waals surface area (Å²) in [5, 5.41) is 17.0. The van der Waals surface area contributed by atoms with Crippen LogP contribution in [0.3, 0.4) is 0 Å². The first-order valence-corrected chi connectivity index (χ1v) is 5.55. The summed E-state index contributed by atoms with van der Waals surface area (Å²) < 4.78 is 1.97. The number of carboxylic acids is 1. The molecule has 0 aliphatic carbocycles. The van der Waals surface area contributed by atoms with Crippen molar-refractivity contribution in [2.45, 2.75) is 13.1 Å². The van der Waals surface area contributed by atoms with Gasteiger partial charge in [-0.1, -0.05) is 0 Å². The van der Waals surface area contributed by atoms with Gasteiger partial charge in [0.15, 0.2) is 11.5 Å². The molecule has 0 saturated carbocycles. The van der Waals surface area contributed by atoms with Crippen molar-refractivity contribution in [2.24, 2.45) is 0 Å². The van der Waals surface area contributed by atoms with Gasteiger partial charge in [-0.25, -0.2) is 9.78 Å². The van der Waals surface area contributed by atoms with E-state index in [1.54, 1.807) is 18.5 Å². The Bertz CT molecular complexity index is 595. The van der Waals surface area contributed by atoms with E-state index >= 15 is 0 Å². The zero-order valence-corrected chi connectivity index (χ0v) is 9.52. The van der Waals surface area contributed by atoms with E-state index in [1.807, 2.05) is 9.47 Å². The third-order valence-corrected chi connectivity index (χ3v) is 2.97. The minimum Gasteiger partial charge on any atom is -0.476 e. The van der Waals surface area contributed by atoms with E-state index in [0.717, 1.165) is 18.9 Å². The van der Waals surface area contributed by atoms with Crippen LogP contribution in [0.1, 0.15) is 16.3 Å². The zero-order valence-electron chi connectivity index (χ0n) is 9.52. The molecular weight excluding hydrogens is 234 g/mol. The highest BCUT2D eigenvalue weighted by molar-refractivity contribution is 5.92. The van der Waals surface area contributed by atoms with Crippen molar-refractivity contribution in [1.29, 1.82) is 0 Å². The van der Waals surface area contributed by atoms with E-state index in [-0.39, 0.29) is 5.69 Å². The highest BCUT2D eigenvalue weighted by atomic mass is 16.4. The molecular formula is C11H11N5O2. The molecule has 0 unspecified atom stereocenters. The van der Waals surface area contributed by atoms with E-state index in [4.69, 9.17) is 5.11 Å². The minimum absolute atomic E-state index is 0.0745. The molecule has 7 nitrogen and oxygen atoms in total. The summed E-state index contributed by atoms with van der Waals surface area (Å²) >= 11 is 0. The highest BCUT2D eigenvalue weighted by Gasteiger charge is 2.22. The van der Waals surface area contributed by atoms with Gasteiger partial charge in [0, 0.05) is 19.3 Å². The summed E-state index contributed by atoms with van der Waals surface area (Å²) in [5.74, 6) is -0.181. The molecule has 0 atom stereocenters. The van der Waals surface area contributed by atoms with Gasteiger partial charge < -0.3 is 14.6 Å². The van der Waals surface area contributed by atoms with Crippen molar-refractivity contribution in [3.63, 3.8) is 0 Å². The number of carboxylic acid groups (broad SMARTS) is 1. The molecule has 3 heterocycles. The van der Waals surface area contributed by atoms with Gasteiger partial charge in [0.1, 0.15) is 6.33 Å². The fourth-order valence-corrected chi connectivity index (χ4v) is 2.09. The highest BCUT2D eigenvalue weighted by Crippen LogP contribution is 2.22. The Labute approximate surface area is 103 Å². The Balaban J connectivity index is 1.95. The van der Waals surface area contributed by atoms with Crippen molar-refractivity contribution in [1.82, 2.24) is 19.7 Å². The van der Waals surface area contributed by atoms with Crippen LogP contribution in [0.5, 0.6) is 0 Å². The van der Waals surface area contributed by atoms with Gasteiger partial charge in [0.05, 0.1) is 12.2 Å². The van der Waals surface area contributed by atoms with Crippen LogP contribution >= 0.6 is 0 Å². The molecule has 7 heteroatoms. The van der Waals surface area contributed by atoms with E-state index in [9.17, 15) is 4.79 Å². The molecule has 1 aliphatic rings. The fraction of sp³-hybridized carbons (Fsp3) is 0.273. The second-order valence-electron chi connectivity index (χ2n) is 4.04. The van der Waals surface area contributed by atoms with Gasteiger partial charge in [-0.2, -0.15) is 0 Å². The Kier molecular flexibility index (Phi) is 2.44. The molecule has 1 aliphatic heterocycles. The summed E-state index contributed by atoms with van der Waals surface area (Å²) in [5.41, 5.74) is 0.699. The first-order chi connectivity index (χ1) is 8.75. The molecule has 0 saturated heterocycles. The van der Waals surface area contributed by atoms with E-state index in [1.165, 1.54) is 6.20 Å². The minimum atomic E-state index is -1.02. The Morgan fingerprint density at radius 2 is 2.28 bits per heavy atom. The average Bonchev–Trinajstić information content (AvgIpc) is 2.85. The largest absolute Gasteiger partial charge is 0.476 e. The lowest BCUT2D eigenvalue weighted by molar-refractivity contribution is 0.0691. The SMILES string of the molecule is O=C(O)c1ncccc1N1CCn2cnnc2C1. The first kappa shape index (κ1) is 10.7. The van der Waals surface area contributed by atoms with Crippen molar-refractivity contribution in [3.05, 3.63) is 36.2 Å². The number of anilines is 1. The van der Waals surface area contributed by atoms with Crippen molar-refractivity contribution in [2.75, 3.05) is 11.4 Å². The number of nitrogens with zero attached hydrogens (tertiary/aromatic N) is 5. The Morgan fingerprint density at radius 3 is 3.11 bits per heavy atom. The van der Waals surface area contributed by atoms with Crippen LogP contribution in [0, 0.1) is 0 Å². The summed E-state index contributed by atoms with van der Waals surface area (Å²) in [4.78, 5) is 17.0. The maximum absolute atomic E-state index is 11.1. The molecule has 0 amide bonds. The lowest BCUT2D eigenvalue weighted by atomic mass is 10.2. The van der Waals surface area contributed by atoms with Gasteiger partial charge in [0.25, 0.3) is 0 Å². The van der Waals surface area contributed by atoms with E-state index < -0.39 is 5.97 Å². The van der Waals surface area contributed by atoms with Crippen molar-refractivity contribution < 1.29 is 9.90 Å². The number of hydrogen-bond acceptors (Lipinski definition) is 5. The number of carbonyl (C=O) groups is 1. The molecule has 0 radical (unpaired) electrons. The fourth-order valence-electron chi connectivity index (χ4n) is 2.09. The average molecular weight is 245 g/mol. The number of fused-ring (bicyclic) bond motifs is 1. The van der Waals surface area contributed by atoms with Crippen LogP contribution in [-0.4, -0.2) is 37.4 Å². The molecule has 92 valence electrons. The van der Waals surface area contributed by atoms with Gasteiger partial charge in [-0.3, -0.25) is 0 Å². The second-order valence-corrected chi connectivity index (χ2v) is 4.04. The smallest absolute Gasteiger partial charge is 0.356 e. The molecule has 0 aromatic carbocycles. The molecule has 18 heavy (non-hydrogen) atoms. The number of aromatic nitrogens is 4. The maximum atomic E-state index is 11.1. The lowest BCUT2D eigenvalue weighted by Crippen LogP contribution is -2.34. The van der Waals surface area contributed by atoms with Gasteiger partial charge in [0.2, 0.25) is 0 Å². The third kappa shape index (κ3) is 1.69. The summed E-state index contributed by atoms with van der Waals surface area (Å²) in [7, 11) is 0. The van der Waals surface area contributed by atoms with Crippen LogP contribution in [0.4, 0.5) is 5.69 Å². The number of rotatable bonds is 2. The molecule has 1 N–H and O–H groups in total. The predicted molar refractivity (Wildman–Crippen MR) is 62.3 cm³/mol. The number of pyridine rings is 1. The van der Waals surface area contributed by atoms with E-state index in [2.05, 4.69) is 15.2 Å². The van der Waals surface area contributed by atoms with Crippen LogP contribution in [0.25, 0.3) is 0 Å². The molecule has 0 spiro atoms. The maximum Gasteiger partial charge on any atom is 0.356 e. The molecule has 0 fully saturated rings. The van der Waals surface area contributed by atoms with Crippen molar-refractivity contribution >= 4 is 11.7 Å². The standard InChI is InChI=1S/C11H11N5O2/c17-11(18)10-8(2-1-3-12-10)15-4-5-16-7-13-14-9(16)6-15/h1-3,7H,4-6H2,(H,17,18). The summed E-state index contributed by atoms with van der Waals surface area (Å²) in [6.07, 6.45) is 3.17. The predicted octanol–water partition coefficient (Wildman–Crippen LogP) is 0.391. The van der Waals surface area contributed by atoms with Crippen LogP contribution in [0.15, 0.2) is 24.7 Å². The molecule has 3 rings (SSSR count). The molecule has 2 aromatic heterocycles. The summed E-state index contributed by atoms with van der Waals surface area (Å²) in [6, 6.07) is 3.50. The molecule has 0 bridgehead atoms. The van der Waals surface area contributed by atoms with Crippen LogP contribution in [0.2, 0.25) is 0 Å². The number of hydrogen-bond donors (Lipinski definition) is 1. The Hall–Kier alpha value is -2.44. The molecule has 2 aromatic rings. The normalized spacial score (nSPS) is 14.3. The Morgan fingerprint density at radius 1 is 1.39 bits per heavy atom. The van der Waals surface area contributed by atoms with Gasteiger partial charge in [-0.05, 0) is 12.1 Å². The van der Waals surface area contributed by atoms with Crippen molar-refractivity contribution in [3.8, 4) is 0 Å².